The Hall–Kier alpha value is -2.08. The summed E-state index contributed by atoms with van der Waals surface area (Å²) in [6.45, 7) is 2.95. The standard InChI is InChI=1S/C20H22BrN2O4P/c1-2-10-26-28(25)27-15-8-9-18-16(11-15)17(12-19(22)24)20(21)23(18)13-14-6-4-3-5-7-14/h3-9,11,28H,2,10,12-13H2,1H3,(H2,22,24). The van der Waals surface area contributed by atoms with Gasteiger partial charge in [0, 0.05) is 23.0 Å². The van der Waals surface area contributed by atoms with Crippen molar-refractivity contribution in [1.29, 1.82) is 0 Å². The number of amides is 1. The van der Waals surface area contributed by atoms with E-state index in [1.807, 2.05) is 43.3 Å². The third kappa shape index (κ3) is 4.85. The summed E-state index contributed by atoms with van der Waals surface area (Å²) in [5.74, 6) is 0.00760. The van der Waals surface area contributed by atoms with Gasteiger partial charge in [0.15, 0.2) is 0 Å². The average Bonchev–Trinajstić information content (AvgIpc) is 2.92. The highest BCUT2D eigenvalue weighted by Crippen LogP contribution is 2.36. The Bertz CT molecular complexity index is 1000. The van der Waals surface area contributed by atoms with E-state index in [9.17, 15) is 9.36 Å². The van der Waals surface area contributed by atoms with E-state index >= 15 is 0 Å². The lowest BCUT2D eigenvalue weighted by Gasteiger charge is -2.09. The first kappa shape index (κ1) is 20.6. The first-order valence-electron chi connectivity index (χ1n) is 8.97. The smallest absolute Gasteiger partial charge is 0.367 e. The highest BCUT2D eigenvalue weighted by atomic mass is 79.9. The monoisotopic (exact) mass is 464 g/mol. The lowest BCUT2D eigenvalue weighted by Crippen LogP contribution is -2.14. The van der Waals surface area contributed by atoms with Crippen LogP contribution in [0.5, 0.6) is 5.75 Å². The van der Waals surface area contributed by atoms with E-state index in [2.05, 4.69) is 20.5 Å². The number of carbonyl (C=O) groups is 1. The van der Waals surface area contributed by atoms with Crippen LogP contribution in [0.2, 0.25) is 0 Å². The third-order valence-electron chi connectivity index (χ3n) is 4.23. The van der Waals surface area contributed by atoms with Gasteiger partial charge in [-0.3, -0.25) is 4.79 Å². The number of nitrogens with zero attached hydrogens (tertiary/aromatic N) is 1. The van der Waals surface area contributed by atoms with Crippen LogP contribution in [0.1, 0.15) is 24.5 Å². The molecule has 0 bridgehead atoms. The molecule has 1 unspecified atom stereocenters. The number of fused-ring (bicyclic) bond motifs is 1. The molecule has 6 nitrogen and oxygen atoms in total. The third-order valence-corrected chi connectivity index (χ3v) is 5.98. The topological polar surface area (TPSA) is 83.6 Å². The van der Waals surface area contributed by atoms with Gasteiger partial charge in [-0.05, 0) is 46.1 Å². The van der Waals surface area contributed by atoms with E-state index < -0.39 is 14.2 Å². The van der Waals surface area contributed by atoms with Crippen molar-refractivity contribution in [1.82, 2.24) is 4.57 Å². The lowest BCUT2D eigenvalue weighted by atomic mass is 10.1. The van der Waals surface area contributed by atoms with Crippen LogP contribution in [0.15, 0.2) is 53.1 Å². The molecule has 0 radical (unpaired) electrons. The minimum atomic E-state index is -2.62. The van der Waals surface area contributed by atoms with Gasteiger partial charge in [0.2, 0.25) is 5.91 Å². The Morgan fingerprint density at radius 2 is 1.96 bits per heavy atom. The molecule has 1 heterocycles. The quantitative estimate of drug-likeness (QED) is 0.466. The molecule has 0 fully saturated rings. The molecular weight excluding hydrogens is 443 g/mol. The zero-order valence-electron chi connectivity index (χ0n) is 15.5. The van der Waals surface area contributed by atoms with Crippen LogP contribution in [-0.4, -0.2) is 17.1 Å². The number of halogens is 1. The van der Waals surface area contributed by atoms with Crippen molar-refractivity contribution in [3.8, 4) is 5.75 Å². The number of carbonyl (C=O) groups excluding carboxylic acids is 1. The summed E-state index contributed by atoms with van der Waals surface area (Å²) < 4.78 is 25.4. The average molecular weight is 465 g/mol. The van der Waals surface area contributed by atoms with Gasteiger partial charge in [-0.1, -0.05) is 37.3 Å². The minimum Gasteiger partial charge on any atom is -0.426 e. The van der Waals surface area contributed by atoms with E-state index in [1.54, 1.807) is 12.1 Å². The maximum atomic E-state index is 11.9. The number of hydrogen-bond acceptors (Lipinski definition) is 4. The Labute approximate surface area is 172 Å². The predicted octanol–water partition coefficient (Wildman–Crippen LogP) is 4.68. The fourth-order valence-corrected chi connectivity index (χ4v) is 4.43. The second-order valence-corrected chi connectivity index (χ2v) is 8.11. The zero-order valence-corrected chi connectivity index (χ0v) is 18.1. The summed E-state index contributed by atoms with van der Waals surface area (Å²) in [6.07, 6.45) is 0.848. The number of aromatic nitrogens is 1. The summed E-state index contributed by atoms with van der Waals surface area (Å²) in [4.78, 5) is 11.6. The molecule has 148 valence electrons. The fourth-order valence-electron chi connectivity index (χ4n) is 3.01. The summed E-state index contributed by atoms with van der Waals surface area (Å²) in [5.41, 5.74) is 8.28. The molecule has 2 N–H and O–H groups in total. The van der Waals surface area contributed by atoms with E-state index in [4.69, 9.17) is 14.8 Å². The molecular formula is C20H22BrN2O4P. The van der Waals surface area contributed by atoms with Crippen LogP contribution in [0, 0.1) is 0 Å². The van der Waals surface area contributed by atoms with Crippen LogP contribution in [0.3, 0.4) is 0 Å². The molecule has 0 aliphatic carbocycles. The normalized spacial score (nSPS) is 12.2. The van der Waals surface area contributed by atoms with Gasteiger partial charge in [0.25, 0.3) is 0 Å². The Balaban J connectivity index is 2.01. The van der Waals surface area contributed by atoms with E-state index in [1.165, 1.54) is 0 Å². The molecule has 0 saturated carbocycles. The minimum absolute atomic E-state index is 0.0871. The van der Waals surface area contributed by atoms with Crippen molar-refractivity contribution in [2.24, 2.45) is 5.73 Å². The molecule has 0 saturated heterocycles. The fraction of sp³-hybridized carbons (Fsp3) is 0.250. The number of primary amides is 1. The largest absolute Gasteiger partial charge is 0.426 e. The van der Waals surface area contributed by atoms with Crippen LogP contribution < -0.4 is 10.3 Å². The molecule has 1 atom stereocenters. The van der Waals surface area contributed by atoms with Crippen molar-refractivity contribution >= 4 is 41.0 Å². The maximum absolute atomic E-state index is 11.9. The lowest BCUT2D eigenvalue weighted by molar-refractivity contribution is -0.117. The molecule has 1 aromatic heterocycles. The van der Waals surface area contributed by atoms with Crippen molar-refractivity contribution < 1.29 is 18.4 Å². The van der Waals surface area contributed by atoms with Gasteiger partial charge < -0.3 is 19.3 Å². The summed E-state index contributed by atoms with van der Waals surface area (Å²) >= 11 is 3.62. The van der Waals surface area contributed by atoms with Gasteiger partial charge in [-0.25, -0.2) is 4.57 Å². The van der Waals surface area contributed by atoms with Gasteiger partial charge >= 0.3 is 8.25 Å². The molecule has 2 aromatic carbocycles. The predicted molar refractivity (Wildman–Crippen MR) is 114 cm³/mol. The summed E-state index contributed by atoms with van der Waals surface area (Å²) in [5, 5.41) is 0.824. The SMILES string of the molecule is CCCO[PH](=O)Oc1ccc2c(c1)c(CC(N)=O)c(Br)n2Cc1ccccc1. The van der Waals surface area contributed by atoms with Gasteiger partial charge in [0.05, 0.1) is 17.6 Å². The van der Waals surface area contributed by atoms with E-state index in [-0.39, 0.29) is 6.42 Å². The number of hydrogen-bond donors (Lipinski definition) is 1. The number of rotatable bonds is 9. The molecule has 1 amide bonds. The van der Waals surface area contributed by atoms with Gasteiger partial charge in [-0.15, -0.1) is 0 Å². The van der Waals surface area contributed by atoms with E-state index in [0.717, 1.165) is 33.1 Å². The Kier molecular flexibility index (Phi) is 6.94. The van der Waals surface area contributed by atoms with Crippen LogP contribution in [0.4, 0.5) is 0 Å². The van der Waals surface area contributed by atoms with Gasteiger partial charge in [0.1, 0.15) is 5.75 Å². The second-order valence-electron chi connectivity index (χ2n) is 6.36. The molecule has 8 heteroatoms. The Morgan fingerprint density at radius 3 is 2.64 bits per heavy atom. The van der Waals surface area contributed by atoms with Crippen LogP contribution in [-0.2, 0) is 26.8 Å². The molecule has 28 heavy (non-hydrogen) atoms. The van der Waals surface area contributed by atoms with Crippen LogP contribution >= 0.6 is 24.2 Å². The molecule has 3 rings (SSSR count). The highest BCUT2D eigenvalue weighted by molar-refractivity contribution is 9.10. The first-order chi connectivity index (χ1) is 13.5. The molecule has 0 aliphatic heterocycles. The second kappa shape index (κ2) is 9.41. The highest BCUT2D eigenvalue weighted by Gasteiger charge is 2.18. The van der Waals surface area contributed by atoms with E-state index in [0.29, 0.717) is 18.9 Å². The van der Waals surface area contributed by atoms with Gasteiger partial charge in [-0.2, -0.15) is 0 Å². The van der Waals surface area contributed by atoms with Crippen molar-refractivity contribution in [2.45, 2.75) is 26.3 Å². The zero-order chi connectivity index (χ0) is 20.1. The van der Waals surface area contributed by atoms with Crippen molar-refractivity contribution in [2.75, 3.05) is 6.61 Å². The number of nitrogens with two attached hydrogens (primary N) is 1. The van der Waals surface area contributed by atoms with Crippen molar-refractivity contribution in [3.05, 3.63) is 64.3 Å². The number of benzene rings is 2. The summed E-state index contributed by atoms with van der Waals surface area (Å²) in [6, 6.07) is 15.4. The molecule has 0 aliphatic rings. The van der Waals surface area contributed by atoms with Crippen LogP contribution in [0.25, 0.3) is 10.9 Å². The molecule has 3 aromatic rings. The maximum Gasteiger partial charge on any atom is 0.367 e. The summed E-state index contributed by atoms with van der Waals surface area (Å²) in [7, 11) is -2.62. The molecule has 0 spiro atoms. The first-order valence-corrected chi connectivity index (χ1v) is 11.0. The Morgan fingerprint density at radius 1 is 1.21 bits per heavy atom. The van der Waals surface area contributed by atoms with Crippen molar-refractivity contribution in [3.63, 3.8) is 0 Å².